The van der Waals surface area contributed by atoms with Crippen LogP contribution in [0, 0.1) is 11.8 Å². The van der Waals surface area contributed by atoms with Crippen molar-refractivity contribution < 1.29 is 18.4 Å². The second kappa shape index (κ2) is 11.7. The van der Waals surface area contributed by atoms with Gasteiger partial charge in [-0.2, -0.15) is 0 Å². The van der Waals surface area contributed by atoms with Gasteiger partial charge in [-0.1, -0.05) is 19.1 Å². The molecule has 12 heteroatoms. The number of anilines is 3. The van der Waals surface area contributed by atoms with Gasteiger partial charge in [-0.05, 0) is 55.1 Å². The van der Waals surface area contributed by atoms with Crippen molar-refractivity contribution in [2.24, 2.45) is 11.8 Å². The largest absolute Gasteiger partial charge is 0.497 e. The predicted molar refractivity (Wildman–Crippen MR) is 168 cm³/mol. The van der Waals surface area contributed by atoms with Gasteiger partial charge in [0.15, 0.2) is 23.1 Å². The van der Waals surface area contributed by atoms with E-state index < -0.39 is 6.85 Å². The number of aromatic nitrogens is 6. The first-order valence-corrected chi connectivity index (χ1v) is 14.7. The van der Waals surface area contributed by atoms with Gasteiger partial charge in [0, 0.05) is 53.4 Å². The zero-order valence-corrected chi connectivity index (χ0v) is 24.6. The van der Waals surface area contributed by atoms with E-state index in [1.54, 1.807) is 28.8 Å². The number of benzene rings is 1. The number of carbonyl (C=O) groups is 1. The molecule has 1 amide bonds. The molecule has 0 bridgehead atoms. The first kappa shape index (κ1) is 24.6. The quantitative estimate of drug-likeness (QED) is 0.265. The van der Waals surface area contributed by atoms with Crippen molar-refractivity contribution in [2.75, 3.05) is 55.1 Å². The number of fused-ring (bicyclic) bond motifs is 2. The van der Waals surface area contributed by atoms with E-state index >= 15 is 0 Å². The number of hydrogen-bond donors (Lipinski definition) is 1. The number of amides is 1. The van der Waals surface area contributed by atoms with Crippen LogP contribution in [0.3, 0.4) is 0 Å². The van der Waals surface area contributed by atoms with E-state index in [1.807, 2.05) is 49.5 Å². The Morgan fingerprint density at radius 1 is 1.18 bits per heavy atom. The van der Waals surface area contributed by atoms with Gasteiger partial charge in [0.25, 0.3) is 0 Å². The Balaban J connectivity index is 1.31. The van der Waals surface area contributed by atoms with Crippen LogP contribution >= 0.6 is 0 Å². The third-order valence-corrected chi connectivity index (χ3v) is 8.26. The molecule has 2 fully saturated rings. The molecule has 2 aliphatic rings. The maximum absolute atomic E-state index is 12.8. The third kappa shape index (κ3) is 5.48. The number of ether oxygens (including phenoxy) is 2. The van der Waals surface area contributed by atoms with E-state index in [9.17, 15) is 4.79 Å². The molecule has 7 rings (SSSR count). The molecule has 0 spiro atoms. The lowest BCUT2D eigenvalue weighted by atomic mass is 10.1. The summed E-state index contributed by atoms with van der Waals surface area (Å²) in [6.45, 7) is 2.63. The molecule has 1 aliphatic carbocycles. The highest BCUT2D eigenvalue weighted by Gasteiger charge is 2.39. The van der Waals surface area contributed by atoms with Crippen LogP contribution in [0.1, 0.15) is 29.9 Å². The Morgan fingerprint density at radius 3 is 2.75 bits per heavy atom. The van der Waals surface area contributed by atoms with Crippen molar-refractivity contribution in [1.29, 1.82) is 0 Å². The summed E-state index contributed by atoms with van der Waals surface area (Å²) in [5.74, 6) is 1.90. The smallest absolute Gasteiger partial charge is 0.228 e. The highest BCUT2D eigenvalue weighted by molar-refractivity contribution is 6.01. The predicted octanol–water partition coefficient (Wildman–Crippen LogP) is 4.20. The molecular formula is C32H35N9O3. The zero-order valence-electron chi connectivity index (χ0n) is 27.6. The summed E-state index contributed by atoms with van der Waals surface area (Å²) >= 11 is 0. The molecule has 1 saturated heterocycles. The lowest BCUT2D eigenvalue weighted by Crippen LogP contribution is -2.36. The van der Waals surface area contributed by atoms with Gasteiger partial charge in [0.1, 0.15) is 11.3 Å². The van der Waals surface area contributed by atoms with Crippen LogP contribution < -0.4 is 19.9 Å². The number of pyridine rings is 2. The van der Waals surface area contributed by atoms with E-state index in [-0.39, 0.29) is 30.7 Å². The number of nitrogens with zero attached hydrogens (tertiary/aromatic N) is 8. The van der Waals surface area contributed by atoms with Crippen LogP contribution in [0.5, 0.6) is 5.75 Å². The van der Waals surface area contributed by atoms with Crippen LogP contribution in [-0.2, 0) is 16.1 Å². The molecule has 226 valence electrons. The van der Waals surface area contributed by atoms with Gasteiger partial charge in [-0.15, -0.1) is 15.3 Å². The molecule has 12 nitrogen and oxygen atoms in total. The fraction of sp³-hybridized carbons (Fsp3) is 0.375. The topological polar surface area (TPSA) is 123 Å². The fourth-order valence-corrected chi connectivity index (χ4v) is 5.55. The summed E-state index contributed by atoms with van der Waals surface area (Å²) in [5.41, 5.74) is 3.47. The second-order valence-electron chi connectivity index (χ2n) is 11.2. The van der Waals surface area contributed by atoms with Crippen LogP contribution in [0.2, 0.25) is 0 Å². The fourth-order valence-electron chi connectivity index (χ4n) is 5.55. The maximum Gasteiger partial charge on any atom is 0.228 e. The van der Waals surface area contributed by atoms with Gasteiger partial charge in [0.2, 0.25) is 5.91 Å². The Morgan fingerprint density at radius 2 is 2.00 bits per heavy atom. The van der Waals surface area contributed by atoms with Crippen LogP contribution in [-0.4, -0.2) is 75.6 Å². The van der Waals surface area contributed by atoms with Crippen molar-refractivity contribution in [3.8, 4) is 17.1 Å². The summed E-state index contributed by atoms with van der Waals surface area (Å²) in [7, 11) is 1.59. The summed E-state index contributed by atoms with van der Waals surface area (Å²) in [5, 5.41) is 17.1. The Kier molecular flexibility index (Phi) is 6.53. The third-order valence-electron chi connectivity index (χ3n) is 8.26. The van der Waals surface area contributed by atoms with E-state index in [4.69, 9.17) is 28.7 Å². The average molecular weight is 597 g/mol. The minimum absolute atomic E-state index is 0.0555. The van der Waals surface area contributed by atoms with Crippen molar-refractivity contribution in [1.82, 2.24) is 29.8 Å². The van der Waals surface area contributed by atoms with Crippen LogP contribution in [0.25, 0.3) is 27.9 Å². The molecule has 1 N–H and O–H groups in total. The molecule has 0 unspecified atom stereocenters. The molecule has 1 aromatic carbocycles. The van der Waals surface area contributed by atoms with Crippen molar-refractivity contribution in [3.63, 3.8) is 0 Å². The van der Waals surface area contributed by atoms with Gasteiger partial charge in [-0.3, -0.25) is 4.79 Å². The molecule has 4 aromatic heterocycles. The van der Waals surface area contributed by atoms with Crippen molar-refractivity contribution >= 4 is 39.8 Å². The maximum atomic E-state index is 12.8. The SMILES string of the molecule is [2H]C([2H])([2H])CN(Cc1ccc(OC)cc1)c1ncc(-c2nc3ccc(N4CCOCC4)cn3n2)c2cc(NC(=O)[C@H]3C[C@H]3C)nnc12. The molecule has 1 aliphatic heterocycles. The molecule has 5 aromatic rings. The van der Waals surface area contributed by atoms with E-state index in [0.717, 1.165) is 30.8 Å². The summed E-state index contributed by atoms with van der Waals surface area (Å²) in [6, 6.07) is 13.1. The first-order chi connectivity index (χ1) is 22.6. The van der Waals surface area contributed by atoms with Gasteiger partial charge in [0.05, 0.1) is 32.2 Å². The first-order valence-electron chi connectivity index (χ1n) is 16.2. The van der Waals surface area contributed by atoms with Gasteiger partial charge < -0.3 is 24.6 Å². The number of carbonyl (C=O) groups excluding carboxylic acids is 1. The molecule has 1 saturated carbocycles. The van der Waals surface area contributed by atoms with Gasteiger partial charge in [-0.25, -0.2) is 14.5 Å². The summed E-state index contributed by atoms with van der Waals surface area (Å²) < 4.78 is 36.8. The number of hydrogen-bond acceptors (Lipinski definition) is 10. The van der Waals surface area contributed by atoms with Crippen molar-refractivity contribution in [3.05, 3.63) is 60.4 Å². The minimum atomic E-state index is -2.29. The van der Waals surface area contributed by atoms with E-state index in [1.165, 1.54) is 0 Å². The Labute approximate surface area is 259 Å². The second-order valence-corrected chi connectivity index (χ2v) is 11.2. The number of nitrogens with one attached hydrogen (secondary N) is 1. The van der Waals surface area contributed by atoms with E-state index in [2.05, 4.69) is 20.4 Å². The molecule has 44 heavy (non-hydrogen) atoms. The number of rotatable bonds is 9. The number of morpholine rings is 1. The zero-order chi connectivity index (χ0) is 32.7. The summed E-state index contributed by atoms with van der Waals surface area (Å²) in [6.07, 6.45) is 4.40. The summed E-state index contributed by atoms with van der Waals surface area (Å²) in [4.78, 5) is 26.3. The number of methoxy groups -OCH3 is 1. The highest BCUT2D eigenvalue weighted by atomic mass is 16.5. The highest BCUT2D eigenvalue weighted by Crippen LogP contribution is 2.39. The lowest BCUT2D eigenvalue weighted by Gasteiger charge is -2.28. The minimum Gasteiger partial charge on any atom is -0.497 e. The molecular weight excluding hydrogens is 558 g/mol. The van der Waals surface area contributed by atoms with Crippen LogP contribution in [0.15, 0.2) is 54.9 Å². The molecule has 5 heterocycles. The normalized spacial score (nSPS) is 19.3. The van der Waals surface area contributed by atoms with Gasteiger partial charge >= 0.3 is 0 Å². The molecule has 2 atom stereocenters. The molecule has 0 radical (unpaired) electrons. The van der Waals surface area contributed by atoms with E-state index in [0.29, 0.717) is 58.6 Å². The van der Waals surface area contributed by atoms with Crippen LogP contribution in [0.4, 0.5) is 17.3 Å². The Bertz CT molecular complexity index is 1930. The van der Waals surface area contributed by atoms with Crippen molar-refractivity contribution in [2.45, 2.75) is 26.7 Å². The standard InChI is InChI=1S/C32H35N9O3/c1-4-39(18-21-5-8-23(43-3)9-6-21)31-29-25(16-27(36-37-29)34-32(42)24-15-20(24)2)26(17-33-31)30-35-28-10-7-22(19-41(28)38-30)40-11-13-44-14-12-40/h5-10,16-17,19-20,24H,4,11-15,18H2,1-3H3,(H,34,36,42)/t20-,24+/m1/s1/i1D3. The monoisotopic (exact) mass is 596 g/mol. The lowest BCUT2D eigenvalue weighted by molar-refractivity contribution is -0.117. The Hall–Kier alpha value is -4.84. The average Bonchev–Trinajstić information content (AvgIpc) is 3.65.